The lowest BCUT2D eigenvalue weighted by atomic mass is 9.96. The molecule has 0 aromatic heterocycles. The van der Waals surface area contributed by atoms with E-state index < -0.39 is 0 Å². The number of piperazine rings is 1. The molecule has 0 aliphatic carbocycles. The Hall–Kier alpha value is -2.89. The lowest BCUT2D eigenvalue weighted by Crippen LogP contribution is -2.48. The summed E-state index contributed by atoms with van der Waals surface area (Å²) in [5.74, 6) is -0.410. The Kier molecular flexibility index (Phi) is 8.42. The van der Waals surface area contributed by atoms with E-state index in [2.05, 4.69) is 51.5 Å². The highest BCUT2D eigenvalue weighted by Gasteiger charge is 2.27. The number of rotatable bonds is 8. The summed E-state index contributed by atoms with van der Waals surface area (Å²) >= 11 is 6.14. The number of nitrogens with zero attached hydrogens (tertiary/aromatic N) is 2. The number of amides is 1. The molecule has 1 atom stereocenters. The first-order valence-electron chi connectivity index (χ1n) is 12.4. The lowest BCUT2D eigenvalue weighted by molar-refractivity contribution is -0.120. The molecule has 0 saturated carbocycles. The third kappa shape index (κ3) is 6.03. The smallest absolute Gasteiger partial charge is 0.227 e. The molecule has 6 heteroatoms. The zero-order chi connectivity index (χ0) is 24.8. The van der Waals surface area contributed by atoms with Gasteiger partial charge in [0.2, 0.25) is 5.91 Å². The number of nitrogens with one attached hydrogen (secondary N) is 1. The molecule has 1 N–H and O–H groups in total. The van der Waals surface area contributed by atoms with Gasteiger partial charge < -0.3 is 10.2 Å². The summed E-state index contributed by atoms with van der Waals surface area (Å²) in [6.07, 6.45) is 1.54. The van der Waals surface area contributed by atoms with Gasteiger partial charge in [-0.1, -0.05) is 67.9 Å². The normalized spacial score (nSPS) is 15.3. The second-order valence-corrected chi connectivity index (χ2v) is 9.49. The average Bonchev–Trinajstić information content (AvgIpc) is 2.87. The largest absolute Gasteiger partial charge is 0.367 e. The van der Waals surface area contributed by atoms with Gasteiger partial charge in [-0.2, -0.15) is 0 Å². The van der Waals surface area contributed by atoms with E-state index in [-0.39, 0.29) is 23.7 Å². The number of halogens is 2. The SMILES string of the molecule is CCC(CC)C(=O)Nc1ccc(N2CCN(C(c3ccccc3)c3ccc(Cl)cc3)CC2)c(F)c1. The molecule has 184 valence electrons. The van der Waals surface area contributed by atoms with E-state index in [9.17, 15) is 4.79 Å². The van der Waals surface area contributed by atoms with E-state index in [4.69, 9.17) is 11.6 Å². The minimum Gasteiger partial charge on any atom is -0.367 e. The number of benzene rings is 3. The summed E-state index contributed by atoms with van der Waals surface area (Å²) in [7, 11) is 0. The third-order valence-corrected chi connectivity index (χ3v) is 7.14. The molecule has 1 aliphatic rings. The molecule has 1 unspecified atom stereocenters. The van der Waals surface area contributed by atoms with E-state index in [1.165, 1.54) is 17.2 Å². The Labute approximate surface area is 212 Å². The summed E-state index contributed by atoms with van der Waals surface area (Å²) in [6, 6.07) is 23.6. The maximum absolute atomic E-state index is 15.1. The Morgan fingerprint density at radius 2 is 1.54 bits per heavy atom. The minimum absolute atomic E-state index is 0.0510. The Balaban J connectivity index is 1.46. The summed E-state index contributed by atoms with van der Waals surface area (Å²) in [6.45, 7) is 7.02. The molecule has 35 heavy (non-hydrogen) atoms. The second kappa shape index (κ2) is 11.7. The minimum atomic E-state index is -0.307. The molecule has 1 saturated heterocycles. The Morgan fingerprint density at radius 3 is 2.14 bits per heavy atom. The first kappa shape index (κ1) is 25.2. The van der Waals surface area contributed by atoms with Crippen LogP contribution in [0.15, 0.2) is 72.8 Å². The zero-order valence-electron chi connectivity index (χ0n) is 20.4. The summed E-state index contributed by atoms with van der Waals surface area (Å²) in [4.78, 5) is 16.9. The van der Waals surface area contributed by atoms with Crippen molar-refractivity contribution in [3.8, 4) is 0 Å². The molecule has 0 spiro atoms. The number of carbonyl (C=O) groups excluding carboxylic acids is 1. The summed E-state index contributed by atoms with van der Waals surface area (Å²) < 4.78 is 15.1. The van der Waals surface area contributed by atoms with Gasteiger partial charge in [0, 0.05) is 42.8 Å². The number of anilines is 2. The predicted octanol–water partition coefficient (Wildman–Crippen LogP) is 6.77. The van der Waals surface area contributed by atoms with Crippen LogP contribution in [0.5, 0.6) is 0 Å². The Morgan fingerprint density at radius 1 is 0.914 bits per heavy atom. The average molecular weight is 494 g/mol. The Bertz CT molecular complexity index is 1110. The van der Waals surface area contributed by atoms with Gasteiger partial charge in [0.15, 0.2) is 0 Å². The third-order valence-electron chi connectivity index (χ3n) is 6.89. The quantitative estimate of drug-likeness (QED) is 0.376. The van der Waals surface area contributed by atoms with Crippen molar-refractivity contribution in [2.24, 2.45) is 5.92 Å². The van der Waals surface area contributed by atoms with Gasteiger partial charge in [-0.15, -0.1) is 0 Å². The van der Waals surface area contributed by atoms with Crippen molar-refractivity contribution in [1.29, 1.82) is 0 Å². The fourth-order valence-corrected chi connectivity index (χ4v) is 4.99. The first-order valence-corrected chi connectivity index (χ1v) is 12.8. The number of hydrogen-bond donors (Lipinski definition) is 1. The molecule has 1 aliphatic heterocycles. The molecular weight excluding hydrogens is 461 g/mol. The summed E-state index contributed by atoms with van der Waals surface area (Å²) in [5.41, 5.74) is 3.51. The van der Waals surface area contributed by atoms with Gasteiger partial charge in [0.25, 0.3) is 0 Å². The monoisotopic (exact) mass is 493 g/mol. The highest BCUT2D eigenvalue weighted by atomic mass is 35.5. The van der Waals surface area contributed by atoms with Crippen molar-refractivity contribution >= 4 is 28.9 Å². The van der Waals surface area contributed by atoms with Crippen LogP contribution in [0.4, 0.5) is 15.8 Å². The van der Waals surface area contributed by atoms with Crippen LogP contribution in [0.1, 0.15) is 43.9 Å². The van der Waals surface area contributed by atoms with Crippen LogP contribution in [0.25, 0.3) is 0 Å². The van der Waals surface area contributed by atoms with E-state index in [0.717, 1.165) is 31.0 Å². The van der Waals surface area contributed by atoms with E-state index in [1.807, 2.05) is 32.0 Å². The summed E-state index contributed by atoms with van der Waals surface area (Å²) in [5, 5.41) is 3.58. The first-order chi connectivity index (χ1) is 17.0. The molecule has 1 heterocycles. The fraction of sp³-hybridized carbons (Fsp3) is 0.345. The van der Waals surface area contributed by atoms with Crippen LogP contribution in [-0.2, 0) is 4.79 Å². The number of carbonyl (C=O) groups is 1. The number of hydrogen-bond acceptors (Lipinski definition) is 3. The van der Waals surface area contributed by atoms with Gasteiger partial charge in [-0.25, -0.2) is 4.39 Å². The van der Waals surface area contributed by atoms with Crippen molar-refractivity contribution in [3.05, 3.63) is 94.8 Å². The maximum Gasteiger partial charge on any atom is 0.227 e. The van der Waals surface area contributed by atoms with Gasteiger partial charge in [-0.05, 0) is 54.3 Å². The van der Waals surface area contributed by atoms with E-state index in [1.54, 1.807) is 12.1 Å². The maximum atomic E-state index is 15.1. The molecular formula is C29H33ClFN3O. The van der Waals surface area contributed by atoms with Crippen LogP contribution in [0.2, 0.25) is 5.02 Å². The van der Waals surface area contributed by atoms with E-state index in [0.29, 0.717) is 24.5 Å². The lowest BCUT2D eigenvalue weighted by Gasteiger charge is -2.40. The molecule has 0 bridgehead atoms. The molecule has 1 fully saturated rings. The van der Waals surface area contributed by atoms with Crippen molar-refractivity contribution in [2.75, 3.05) is 36.4 Å². The van der Waals surface area contributed by atoms with Gasteiger partial charge in [0.05, 0.1) is 11.7 Å². The van der Waals surface area contributed by atoms with Crippen molar-refractivity contribution in [1.82, 2.24) is 4.90 Å². The zero-order valence-corrected chi connectivity index (χ0v) is 21.1. The molecule has 4 rings (SSSR count). The van der Waals surface area contributed by atoms with Crippen LogP contribution < -0.4 is 10.2 Å². The predicted molar refractivity (Wildman–Crippen MR) is 143 cm³/mol. The molecule has 3 aromatic rings. The van der Waals surface area contributed by atoms with Crippen molar-refractivity contribution < 1.29 is 9.18 Å². The highest BCUT2D eigenvalue weighted by Crippen LogP contribution is 2.32. The van der Waals surface area contributed by atoms with Crippen LogP contribution >= 0.6 is 11.6 Å². The fourth-order valence-electron chi connectivity index (χ4n) is 4.86. The van der Waals surface area contributed by atoms with Crippen molar-refractivity contribution in [2.45, 2.75) is 32.7 Å². The van der Waals surface area contributed by atoms with Gasteiger partial charge in [-0.3, -0.25) is 9.69 Å². The standard InChI is InChI=1S/C29H33ClFN3O/c1-3-21(4-2)29(35)32-25-14-15-27(26(31)20-25)33-16-18-34(19-17-33)28(22-8-6-5-7-9-22)23-10-12-24(30)13-11-23/h5-15,20-21,28H,3-4,16-19H2,1-2H3,(H,32,35). The van der Waals surface area contributed by atoms with Crippen LogP contribution in [0.3, 0.4) is 0 Å². The van der Waals surface area contributed by atoms with Crippen LogP contribution in [-0.4, -0.2) is 37.0 Å². The van der Waals surface area contributed by atoms with Crippen LogP contribution in [0, 0.1) is 11.7 Å². The van der Waals surface area contributed by atoms with Crippen molar-refractivity contribution in [3.63, 3.8) is 0 Å². The highest BCUT2D eigenvalue weighted by molar-refractivity contribution is 6.30. The molecule has 0 radical (unpaired) electrons. The van der Waals surface area contributed by atoms with Gasteiger partial charge >= 0.3 is 0 Å². The van der Waals surface area contributed by atoms with Gasteiger partial charge in [0.1, 0.15) is 5.82 Å². The second-order valence-electron chi connectivity index (χ2n) is 9.06. The van der Waals surface area contributed by atoms with E-state index >= 15 is 4.39 Å². The topological polar surface area (TPSA) is 35.6 Å². The molecule has 1 amide bonds. The molecule has 4 nitrogen and oxygen atoms in total. The molecule has 3 aromatic carbocycles.